The molecule has 1 aliphatic carbocycles. The van der Waals surface area contributed by atoms with Crippen LogP contribution in [0.25, 0.3) is 10.8 Å². The molecular weight excluding hydrogens is 370 g/mol. The summed E-state index contributed by atoms with van der Waals surface area (Å²) in [5.41, 5.74) is 1.13. The maximum Gasteiger partial charge on any atom is 0.230 e. The van der Waals surface area contributed by atoms with Gasteiger partial charge in [-0.15, -0.1) is 5.10 Å². The van der Waals surface area contributed by atoms with Gasteiger partial charge in [-0.05, 0) is 46.5 Å². The lowest BCUT2D eigenvalue weighted by Gasteiger charge is -2.22. The topological polar surface area (TPSA) is 72.7 Å². The monoisotopic (exact) mass is 395 g/mol. The standard InChI is InChI=1S/C21H25N5OS/c1-15(18-13-7-9-16-8-5-6-12-19(16)18)22-20(27)14-28-21-23-24-25-26(21)17-10-3-2-4-11-17/h5-9,12-13,15,17H,2-4,10-11,14H2,1H3,(H,22,27)/t15-/m0/s1. The average molecular weight is 396 g/mol. The Morgan fingerprint density at radius 1 is 1.18 bits per heavy atom. The summed E-state index contributed by atoms with van der Waals surface area (Å²) < 4.78 is 1.91. The molecule has 7 heteroatoms. The van der Waals surface area contributed by atoms with Crippen LogP contribution >= 0.6 is 11.8 Å². The molecule has 1 atom stereocenters. The smallest absolute Gasteiger partial charge is 0.230 e. The lowest BCUT2D eigenvalue weighted by atomic mass is 9.96. The molecule has 146 valence electrons. The third-order valence-electron chi connectivity index (χ3n) is 5.38. The molecule has 2 aromatic carbocycles. The summed E-state index contributed by atoms with van der Waals surface area (Å²) >= 11 is 1.41. The van der Waals surface area contributed by atoms with Crippen molar-refractivity contribution in [2.75, 3.05) is 5.75 Å². The van der Waals surface area contributed by atoms with Gasteiger partial charge in [0, 0.05) is 0 Å². The first-order valence-electron chi connectivity index (χ1n) is 9.90. The van der Waals surface area contributed by atoms with Crippen LogP contribution in [-0.2, 0) is 4.79 Å². The van der Waals surface area contributed by atoms with E-state index in [9.17, 15) is 4.79 Å². The van der Waals surface area contributed by atoms with E-state index in [1.54, 1.807) is 0 Å². The van der Waals surface area contributed by atoms with Gasteiger partial charge in [0.1, 0.15) is 0 Å². The van der Waals surface area contributed by atoms with E-state index in [0.717, 1.165) is 23.6 Å². The molecule has 1 fully saturated rings. The Labute approximate surface area is 169 Å². The number of aromatic nitrogens is 4. The van der Waals surface area contributed by atoms with Crippen molar-refractivity contribution >= 4 is 28.4 Å². The van der Waals surface area contributed by atoms with E-state index < -0.39 is 0 Å². The highest BCUT2D eigenvalue weighted by molar-refractivity contribution is 7.99. The number of hydrogen-bond donors (Lipinski definition) is 1. The molecule has 0 spiro atoms. The van der Waals surface area contributed by atoms with E-state index in [0.29, 0.717) is 11.8 Å². The number of carbonyl (C=O) groups is 1. The zero-order valence-corrected chi connectivity index (χ0v) is 16.9. The van der Waals surface area contributed by atoms with Crippen molar-refractivity contribution in [1.29, 1.82) is 0 Å². The van der Waals surface area contributed by atoms with Gasteiger partial charge in [0.25, 0.3) is 0 Å². The SMILES string of the molecule is C[C@H](NC(=O)CSc1nnnn1C1CCCCC1)c1cccc2ccccc12. The predicted molar refractivity (Wildman–Crippen MR) is 111 cm³/mol. The highest BCUT2D eigenvalue weighted by atomic mass is 32.2. The zero-order valence-electron chi connectivity index (χ0n) is 16.0. The van der Waals surface area contributed by atoms with Crippen LogP contribution in [0.15, 0.2) is 47.6 Å². The van der Waals surface area contributed by atoms with Crippen LogP contribution in [0.4, 0.5) is 0 Å². The first-order valence-corrected chi connectivity index (χ1v) is 10.9. The van der Waals surface area contributed by atoms with Crippen molar-refractivity contribution in [2.24, 2.45) is 0 Å². The van der Waals surface area contributed by atoms with Gasteiger partial charge in [-0.1, -0.05) is 73.5 Å². The average Bonchev–Trinajstić information content (AvgIpc) is 3.21. The van der Waals surface area contributed by atoms with E-state index in [1.165, 1.54) is 41.8 Å². The Kier molecular flexibility index (Phi) is 5.90. The summed E-state index contributed by atoms with van der Waals surface area (Å²) in [6.45, 7) is 2.02. The van der Waals surface area contributed by atoms with Gasteiger partial charge < -0.3 is 5.32 Å². The number of tetrazole rings is 1. The third-order valence-corrected chi connectivity index (χ3v) is 6.32. The number of thioether (sulfide) groups is 1. The maximum absolute atomic E-state index is 12.5. The molecule has 0 saturated heterocycles. The minimum absolute atomic E-state index is 0.0105. The Morgan fingerprint density at radius 2 is 1.96 bits per heavy atom. The number of benzene rings is 2. The lowest BCUT2D eigenvalue weighted by Crippen LogP contribution is -2.28. The third kappa shape index (κ3) is 4.19. The van der Waals surface area contributed by atoms with Crippen molar-refractivity contribution in [2.45, 2.75) is 56.3 Å². The summed E-state index contributed by atoms with van der Waals surface area (Å²) in [4.78, 5) is 12.5. The molecule has 6 nitrogen and oxygen atoms in total. The van der Waals surface area contributed by atoms with Gasteiger partial charge in [-0.25, -0.2) is 4.68 Å². The minimum atomic E-state index is -0.0615. The molecule has 1 amide bonds. The van der Waals surface area contributed by atoms with Crippen molar-refractivity contribution in [1.82, 2.24) is 25.5 Å². The summed E-state index contributed by atoms with van der Waals surface area (Å²) in [7, 11) is 0. The van der Waals surface area contributed by atoms with Crippen molar-refractivity contribution in [3.8, 4) is 0 Å². The summed E-state index contributed by atoms with van der Waals surface area (Å²) in [6, 6.07) is 14.8. The summed E-state index contributed by atoms with van der Waals surface area (Å²) in [6.07, 6.45) is 5.96. The van der Waals surface area contributed by atoms with Gasteiger partial charge in [-0.2, -0.15) is 0 Å². The van der Waals surface area contributed by atoms with Crippen LogP contribution in [0, 0.1) is 0 Å². The molecule has 28 heavy (non-hydrogen) atoms. The maximum atomic E-state index is 12.5. The Morgan fingerprint density at radius 3 is 2.82 bits per heavy atom. The summed E-state index contributed by atoms with van der Waals surface area (Å²) in [5, 5.41) is 18.3. The fourth-order valence-electron chi connectivity index (χ4n) is 3.95. The van der Waals surface area contributed by atoms with Gasteiger partial charge in [0.2, 0.25) is 11.1 Å². The molecule has 1 N–H and O–H groups in total. The van der Waals surface area contributed by atoms with Crippen LogP contribution in [0.3, 0.4) is 0 Å². The highest BCUT2D eigenvalue weighted by Crippen LogP contribution is 2.30. The summed E-state index contributed by atoms with van der Waals surface area (Å²) in [5.74, 6) is 0.297. The van der Waals surface area contributed by atoms with E-state index in [2.05, 4.69) is 45.1 Å². The molecule has 3 aromatic rings. The molecule has 1 aromatic heterocycles. The molecule has 0 unspecified atom stereocenters. The Balaban J connectivity index is 1.38. The fourth-order valence-corrected chi connectivity index (χ4v) is 4.71. The molecule has 0 aliphatic heterocycles. The predicted octanol–water partition coefficient (Wildman–Crippen LogP) is 4.30. The molecular formula is C21H25N5OS. The van der Waals surface area contributed by atoms with Gasteiger partial charge in [0.15, 0.2) is 0 Å². The number of fused-ring (bicyclic) bond motifs is 1. The molecule has 0 radical (unpaired) electrons. The Hall–Kier alpha value is -2.41. The van der Waals surface area contributed by atoms with E-state index in [4.69, 9.17) is 0 Å². The number of nitrogens with one attached hydrogen (secondary N) is 1. The number of hydrogen-bond acceptors (Lipinski definition) is 5. The van der Waals surface area contributed by atoms with Crippen LogP contribution in [-0.4, -0.2) is 31.9 Å². The molecule has 1 saturated carbocycles. The van der Waals surface area contributed by atoms with Crippen LogP contribution in [0.2, 0.25) is 0 Å². The largest absolute Gasteiger partial charge is 0.349 e. The van der Waals surface area contributed by atoms with Crippen LogP contribution < -0.4 is 5.32 Å². The van der Waals surface area contributed by atoms with Gasteiger partial charge in [-0.3, -0.25) is 4.79 Å². The number of nitrogens with zero attached hydrogens (tertiary/aromatic N) is 4. The first kappa shape index (κ1) is 18.9. The molecule has 4 rings (SSSR count). The first-order chi connectivity index (χ1) is 13.7. The van der Waals surface area contributed by atoms with E-state index in [1.807, 2.05) is 29.8 Å². The van der Waals surface area contributed by atoms with Crippen molar-refractivity contribution in [3.63, 3.8) is 0 Å². The second-order valence-electron chi connectivity index (χ2n) is 7.34. The van der Waals surface area contributed by atoms with Gasteiger partial charge >= 0.3 is 0 Å². The number of rotatable bonds is 6. The number of carbonyl (C=O) groups excluding carboxylic acids is 1. The quantitative estimate of drug-likeness (QED) is 0.630. The molecule has 0 bridgehead atoms. The van der Waals surface area contributed by atoms with Crippen LogP contribution in [0.1, 0.15) is 56.7 Å². The Bertz CT molecular complexity index is 945. The van der Waals surface area contributed by atoms with Crippen molar-refractivity contribution in [3.05, 3.63) is 48.0 Å². The zero-order chi connectivity index (χ0) is 19.3. The van der Waals surface area contributed by atoms with E-state index in [-0.39, 0.29) is 11.9 Å². The van der Waals surface area contributed by atoms with E-state index >= 15 is 0 Å². The normalized spacial score (nSPS) is 16.2. The van der Waals surface area contributed by atoms with Gasteiger partial charge in [0.05, 0.1) is 17.8 Å². The second kappa shape index (κ2) is 8.73. The minimum Gasteiger partial charge on any atom is -0.349 e. The fraction of sp³-hybridized carbons (Fsp3) is 0.429. The van der Waals surface area contributed by atoms with Crippen molar-refractivity contribution < 1.29 is 4.79 Å². The molecule has 1 aliphatic rings. The lowest BCUT2D eigenvalue weighted by molar-refractivity contribution is -0.119. The number of amides is 1. The van der Waals surface area contributed by atoms with Crippen LogP contribution in [0.5, 0.6) is 0 Å². The second-order valence-corrected chi connectivity index (χ2v) is 8.29. The molecule has 1 heterocycles. The highest BCUT2D eigenvalue weighted by Gasteiger charge is 2.21.